The molecule has 0 atom stereocenters. The normalized spacial score (nSPS) is 14.2. The standard InChI is InChI=1S/C31H36N4O3/c1-33(2)22-31(37)32-26-9-7-8-25(21-26)29(36)15-13-24-20-23(27-10-5-6-11-30(27)38-4)12-14-28(24)35-18-16-34(3)17-19-35/h5-15,20-21H,16-19,22H2,1-4H3,(H,32,37)/b15-13+. The van der Waals surface area contributed by atoms with Gasteiger partial charge in [0, 0.05) is 48.7 Å². The number of anilines is 2. The molecule has 0 radical (unpaired) electrons. The highest BCUT2D eigenvalue weighted by molar-refractivity contribution is 6.08. The Kier molecular flexibility index (Phi) is 8.94. The van der Waals surface area contributed by atoms with Crippen molar-refractivity contribution < 1.29 is 14.3 Å². The highest BCUT2D eigenvalue weighted by Gasteiger charge is 2.18. The van der Waals surface area contributed by atoms with E-state index in [1.54, 1.807) is 42.4 Å². The molecule has 1 aliphatic rings. The third-order valence-electron chi connectivity index (χ3n) is 6.59. The van der Waals surface area contributed by atoms with Crippen LogP contribution in [-0.2, 0) is 4.79 Å². The van der Waals surface area contributed by atoms with Crippen LogP contribution in [-0.4, -0.2) is 82.5 Å². The van der Waals surface area contributed by atoms with Crippen LogP contribution in [0.15, 0.2) is 72.8 Å². The van der Waals surface area contributed by atoms with Crippen LogP contribution >= 0.6 is 0 Å². The molecule has 1 N–H and O–H groups in total. The van der Waals surface area contributed by atoms with Gasteiger partial charge in [-0.25, -0.2) is 0 Å². The number of ketones is 1. The van der Waals surface area contributed by atoms with Crippen LogP contribution in [0, 0.1) is 0 Å². The molecule has 4 rings (SSSR count). The van der Waals surface area contributed by atoms with Crippen LogP contribution in [0.1, 0.15) is 15.9 Å². The van der Waals surface area contributed by atoms with Gasteiger partial charge >= 0.3 is 0 Å². The lowest BCUT2D eigenvalue weighted by Gasteiger charge is -2.35. The lowest BCUT2D eigenvalue weighted by molar-refractivity contribution is -0.116. The van der Waals surface area contributed by atoms with Crippen LogP contribution in [0.25, 0.3) is 17.2 Å². The number of piperazine rings is 1. The summed E-state index contributed by atoms with van der Waals surface area (Å²) in [6.45, 7) is 4.10. The van der Waals surface area contributed by atoms with Crippen molar-refractivity contribution in [2.45, 2.75) is 0 Å². The van der Waals surface area contributed by atoms with E-state index in [0.717, 1.165) is 54.3 Å². The summed E-state index contributed by atoms with van der Waals surface area (Å²) in [4.78, 5) is 31.8. The number of amides is 1. The predicted molar refractivity (Wildman–Crippen MR) is 155 cm³/mol. The molecule has 0 saturated carbocycles. The zero-order valence-electron chi connectivity index (χ0n) is 22.6. The molecule has 1 amide bonds. The quantitative estimate of drug-likeness (QED) is 0.336. The van der Waals surface area contributed by atoms with Gasteiger partial charge in [0.2, 0.25) is 5.91 Å². The number of carbonyl (C=O) groups excluding carboxylic acids is 2. The molecule has 3 aromatic carbocycles. The van der Waals surface area contributed by atoms with Crippen molar-refractivity contribution in [1.29, 1.82) is 0 Å². The Hall–Kier alpha value is -3.94. The number of rotatable bonds is 9. The maximum atomic E-state index is 13.2. The van der Waals surface area contributed by atoms with E-state index in [9.17, 15) is 9.59 Å². The number of hydrogen-bond donors (Lipinski definition) is 1. The number of allylic oxidation sites excluding steroid dienone is 1. The highest BCUT2D eigenvalue weighted by Crippen LogP contribution is 2.34. The second kappa shape index (κ2) is 12.5. The number of methoxy groups -OCH3 is 1. The van der Waals surface area contributed by atoms with E-state index < -0.39 is 0 Å². The third-order valence-corrected chi connectivity index (χ3v) is 6.59. The maximum absolute atomic E-state index is 13.2. The van der Waals surface area contributed by atoms with Gasteiger partial charge in [0.1, 0.15) is 5.75 Å². The predicted octanol–water partition coefficient (Wildman–Crippen LogP) is 4.51. The molecule has 0 unspecified atom stereocenters. The number of nitrogens with zero attached hydrogens (tertiary/aromatic N) is 3. The molecule has 7 nitrogen and oxygen atoms in total. The summed E-state index contributed by atoms with van der Waals surface area (Å²) in [6, 6.07) is 21.4. The average molecular weight is 513 g/mol. The zero-order valence-corrected chi connectivity index (χ0v) is 22.6. The SMILES string of the molecule is COc1ccccc1-c1ccc(N2CCN(C)CC2)c(/C=C/C(=O)c2cccc(NC(=O)CN(C)C)c2)c1. The Balaban J connectivity index is 1.63. The summed E-state index contributed by atoms with van der Waals surface area (Å²) < 4.78 is 5.59. The van der Waals surface area contributed by atoms with Crippen LogP contribution in [0.4, 0.5) is 11.4 Å². The smallest absolute Gasteiger partial charge is 0.238 e. The second-order valence-corrected chi connectivity index (χ2v) is 9.83. The molecule has 7 heteroatoms. The summed E-state index contributed by atoms with van der Waals surface area (Å²) >= 11 is 0. The van der Waals surface area contributed by atoms with Gasteiger partial charge in [-0.15, -0.1) is 0 Å². The molecular formula is C31H36N4O3. The Morgan fingerprint density at radius 3 is 2.47 bits per heavy atom. The van der Waals surface area contributed by atoms with Gasteiger partial charge in [0.25, 0.3) is 0 Å². The van der Waals surface area contributed by atoms with Gasteiger partial charge in [-0.05, 0) is 74.8 Å². The first-order chi connectivity index (χ1) is 18.3. The van der Waals surface area contributed by atoms with Gasteiger partial charge in [-0.1, -0.05) is 36.4 Å². The summed E-state index contributed by atoms with van der Waals surface area (Å²) in [7, 11) is 7.49. The molecule has 1 saturated heterocycles. The number of hydrogen-bond acceptors (Lipinski definition) is 6. The van der Waals surface area contributed by atoms with Crippen LogP contribution in [0.2, 0.25) is 0 Å². The molecule has 0 bridgehead atoms. The lowest BCUT2D eigenvalue weighted by Crippen LogP contribution is -2.44. The molecule has 0 spiro atoms. The topological polar surface area (TPSA) is 65.1 Å². The van der Waals surface area contributed by atoms with Crippen LogP contribution in [0.5, 0.6) is 5.75 Å². The van der Waals surface area contributed by atoms with Gasteiger partial charge in [-0.3, -0.25) is 9.59 Å². The first-order valence-electron chi connectivity index (χ1n) is 12.8. The Labute approximate surface area is 225 Å². The summed E-state index contributed by atoms with van der Waals surface area (Å²) in [6.07, 6.45) is 3.51. The van der Waals surface area contributed by atoms with Gasteiger partial charge in [0.15, 0.2) is 5.78 Å². The first kappa shape index (κ1) is 27.1. The minimum atomic E-state index is -0.125. The van der Waals surface area contributed by atoms with Crippen molar-refractivity contribution in [2.24, 2.45) is 0 Å². The van der Waals surface area contributed by atoms with Crippen molar-refractivity contribution in [2.75, 3.05) is 71.2 Å². The van der Waals surface area contributed by atoms with E-state index in [4.69, 9.17) is 4.74 Å². The molecule has 1 fully saturated rings. The highest BCUT2D eigenvalue weighted by atomic mass is 16.5. The number of para-hydroxylation sites is 1. The lowest BCUT2D eigenvalue weighted by atomic mass is 9.99. The van der Waals surface area contributed by atoms with Crippen molar-refractivity contribution in [3.05, 3.63) is 83.9 Å². The van der Waals surface area contributed by atoms with E-state index >= 15 is 0 Å². The van der Waals surface area contributed by atoms with Crippen molar-refractivity contribution in [1.82, 2.24) is 9.80 Å². The van der Waals surface area contributed by atoms with E-state index in [1.165, 1.54) is 0 Å². The Bertz CT molecular complexity index is 1310. The average Bonchev–Trinajstić information content (AvgIpc) is 2.91. The minimum Gasteiger partial charge on any atom is -0.496 e. The third kappa shape index (κ3) is 6.88. The van der Waals surface area contributed by atoms with E-state index in [-0.39, 0.29) is 18.2 Å². The number of benzene rings is 3. The summed E-state index contributed by atoms with van der Waals surface area (Å²) in [5.41, 5.74) is 5.23. The Morgan fingerprint density at radius 2 is 1.74 bits per heavy atom. The second-order valence-electron chi connectivity index (χ2n) is 9.83. The van der Waals surface area contributed by atoms with Gasteiger partial charge in [-0.2, -0.15) is 0 Å². The Morgan fingerprint density at radius 1 is 0.974 bits per heavy atom. The van der Waals surface area contributed by atoms with E-state index in [0.29, 0.717) is 11.3 Å². The van der Waals surface area contributed by atoms with Crippen molar-refractivity contribution in [3.63, 3.8) is 0 Å². The minimum absolute atomic E-state index is 0.124. The van der Waals surface area contributed by atoms with Crippen LogP contribution < -0.4 is 15.0 Å². The van der Waals surface area contributed by atoms with Gasteiger partial charge in [0.05, 0.1) is 13.7 Å². The van der Waals surface area contributed by atoms with E-state index in [1.807, 2.05) is 44.4 Å². The first-order valence-corrected chi connectivity index (χ1v) is 12.8. The maximum Gasteiger partial charge on any atom is 0.238 e. The molecule has 0 aliphatic carbocycles. The summed E-state index contributed by atoms with van der Waals surface area (Å²) in [5.74, 6) is 0.555. The van der Waals surface area contributed by atoms with Crippen molar-refractivity contribution in [3.8, 4) is 16.9 Å². The zero-order chi connectivity index (χ0) is 27.1. The monoisotopic (exact) mass is 512 g/mol. The summed E-state index contributed by atoms with van der Waals surface area (Å²) in [5, 5.41) is 2.86. The van der Waals surface area contributed by atoms with E-state index in [2.05, 4.69) is 40.4 Å². The number of ether oxygens (including phenoxy) is 1. The number of nitrogens with one attached hydrogen (secondary N) is 1. The van der Waals surface area contributed by atoms with Crippen molar-refractivity contribution >= 4 is 29.1 Å². The fraction of sp³-hybridized carbons (Fsp3) is 0.290. The van der Waals surface area contributed by atoms with Gasteiger partial charge < -0.3 is 24.8 Å². The molecule has 0 aromatic heterocycles. The molecule has 1 heterocycles. The number of carbonyl (C=O) groups is 2. The molecule has 198 valence electrons. The molecule has 38 heavy (non-hydrogen) atoms. The molecule has 3 aromatic rings. The largest absolute Gasteiger partial charge is 0.496 e. The molecule has 1 aliphatic heterocycles. The number of likely N-dealkylation sites (N-methyl/N-ethyl adjacent to an activating group) is 2. The molecular weight excluding hydrogens is 476 g/mol. The fourth-order valence-corrected chi connectivity index (χ4v) is 4.57. The fourth-order valence-electron chi connectivity index (χ4n) is 4.57. The van der Waals surface area contributed by atoms with Crippen LogP contribution in [0.3, 0.4) is 0 Å².